The summed E-state index contributed by atoms with van der Waals surface area (Å²) in [6.45, 7) is 1.20. The molecule has 2 aromatic heterocycles. The van der Waals surface area contributed by atoms with Gasteiger partial charge in [0.25, 0.3) is 5.56 Å². The molecule has 2 fully saturated rings. The maximum atomic E-state index is 14.4. The van der Waals surface area contributed by atoms with Gasteiger partial charge >= 0.3 is 0 Å². The molecule has 0 radical (unpaired) electrons. The Hall–Kier alpha value is -1.86. The molecule has 0 unspecified atom stereocenters. The SMILES string of the molecule is O=c1cc2c3c(nc(Cl)c(F)c3[nH]1)OC[C@@H]1[C@@H]3CC[C@H](CN21)N3. The number of pyridine rings is 2. The summed E-state index contributed by atoms with van der Waals surface area (Å²) in [6, 6.07) is 2.29. The van der Waals surface area contributed by atoms with E-state index in [9.17, 15) is 9.18 Å². The maximum Gasteiger partial charge on any atom is 0.250 e. The number of aromatic nitrogens is 2. The summed E-state index contributed by atoms with van der Waals surface area (Å²) in [4.78, 5) is 20.8. The number of fused-ring (bicyclic) bond motifs is 5. The van der Waals surface area contributed by atoms with E-state index in [1.807, 2.05) is 0 Å². The van der Waals surface area contributed by atoms with Crippen molar-refractivity contribution in [3.05, 3.63) is 27.4 Å². The lowest BCUT2D eigenvalue weighted by Gasteiger charge is -2.41. The fourth-order valence-electron chi connectivity index (χ4n) is 4.09. The van der Waals surface area contributed by atoms with Crippen molar-refractivity contribution < 1.29 is 9.13 Å². The molecule has 2 N–H and O–H groups in total. The molecule has 0 spiro atoms. The van der Waals surface area contributed by atoms with Gasteiger partial charge in [0, 0.05) is 24.7 Å². The number of hydrogen-bond donors (Lipinski definition) is 2. The average molecular weight is 337 g/mol. The number of piperazine rings is 1. The van der Waals surface area contributed by atoms with Crippen molar-refractivity contribution >= 4 is 28.2 Å². The van der Waals surface area contributed by atoms with Crippen LogP contribution in [0.25, 0.3) is 10.9 Å². The molecule has 3 aliphatic heterocycles. The molecule has 0 aliphatic carbocycles. The van der Waals surface area contributed by atoms with Gasteiger partial charge in [-0.3, -0.25) is 4.79 Å². The first-order valence-electron chi connectivity index (χ1n) is 7.69. The van der Waals surface area contributed by atoms with Gasteiger partial charge in [0.1, 0.15) is 6.61 Å². The summed E-state index contributed by atoms with van der Waals surface area (Å²) in [5, 5.41) is 3.79. The zero-order valence-corrected chi connectivity index (χ0v) is 12.9. The van der Waals surface area contributed by atoms with Crippen molar-refractivity contribution in [1.29, 1.82) is 0 Å². The van der Waals surface area contributed by atoms with E-state index in [1.54, 1.807) is 0 Å². The van der Waals surface area contributed by atoms with Crippen LogP contribution in [0.4, 0.5) is 10.1 Å². The molecule has 8 heteroatoms. The topological polar surface area (TPSA) is 70.2 Å². The van der Waals surface area contributed by atoms with E-state index in [2.05, 4.69) is 20.2 Å². The second-order valence-electron chi connectivity index (χ2n) is 6.37. The number of halogens is 2. The molecule has 120 valence electrons. The van der Waals surface area contributed by atoms with E-state index in [-0.39, 0.29) is 28.2 Å². The lowest BCUT2D eigenvalue weighted by Crippen LogP contribution is -2.59. The third kappa shape index (κ3) is 1.83. The maximum absolute atomic E-state index is 14.4. The second-order valence-corrected chi connectivity index (χ2v) is 6.73. The molecule has 23 heavy (non-hydrogen) atoms. The first-order chi connectivity index (χ1) is 11.1. The minimum absolute atomic E-state index is 0.0639. The second kappa shape index (κ2) is 4.58. The quantitative estimate of drug-likeness (QED) is 0.712. The molecule has 5 rings (SSSR count). The third-order valence-electron chi connectivity index (χ3n) is 5.09. The summed E-state index contributed by atoms with van der Waals surface area (Å²) >= 11 is 5.86. The summed E-state index contributed by atoms with van der Waals surface area (Å²) < 4.78 is 20.2. The Morgan fingerprint density at radius 1 is 1.43 bits per heavy atom. The van der Waals surface area contributed by atoms with Gasteiger partial charge in [0.05, 0.1) is 22.6 Å². The normalized spacial score (nSPS) is 28.4. The van der Waals surface area contributed by atoms with E-state index in [0.717, 1.165) is 19.4 Å². The highest BCUT2D eigenvalue weighted by Gasteiger charge is 2.43. The predicted molar refractivity (Wildman–Crippen MR) is 83.9 cm³/mol. The van der Waals surface area contributed by atoms with Crippen LogP contribution in [0.5, 0.6) is 5.88 Å². The highest BCUT2D eigenvalue weighted by Crippen LogP contribution is 2.40. The first-order valence-corrected chi connectivity index (χ1v) is 8.07. The van der Waals surface area contributed by atoms with Crippen molar-refractivity contribution in [2.24, 2.45) is 0 Å². The fraction of sp³-hybridized carbons (Fsp3) is 0.467. The Morgan fingerprint density at radius 3 is 3.17 bits per heavy atom. The minimum Gasteiger partial charge on any atom is -0.475 e. The minimum atomic E-state index is -0.718. The summed E-state index contributed by atoms with van der Waals surface area (Å²) in [6.07, 6.45) is 2.17. The Balaban J connectivity index is 1.82. The van der Waals surface area contributed by atoms with E-state index in [4.69, 9.17) is 16.3 Å². The fourth-order valence-corrected chi connectivity index (χ4v) is 4.26. The Bertz CT molecular complexity index is 886. The molecule has 2 saturated heterocycles. The number of ether oxygens (including phenoxy) is 1. The van der Waals surface area contributed by atoms with Crippen LogP contribution >= 0.6 is 11.6 Å². The Kier molecular flexibility index (Phi) is 2.70. The van der Waals surface area contributed by atoms with Crippen molar-refractivity contribution in [2.45, 2.75) is 31.0 Å². The molecule has 0 aromatic carbocycles. The first kappa shape index (κ1) is 13.6. The van der Waals surface area contributed by atoms with Gasteiger partial charge in [-0.25, -0.2) is 4.39 Å². The highest BCUT2D eigenvalue weighted by atomic mass is 35.5. The van der Waals surface area contributed by atoms with Crippen LogP contribution < -0.4 is 20.5 Å². The molecule has 0 saturated carbocycles. The van der Waals surface area contributed by atoms with Crippen LogP contribution in [0.15, 0.2) is 10.9 Å². The zero-order valence-electron chi connectivity index (χ0n) is 12.1. The Labute approximate surface area is 135 Å². The molecule has 3 atom stereocenters. The molecular formula is C15H14ClFN4O2. The van der Waals surface area contributed by atoms with Gasteiger partial charge in [-0.15, -0.1) is 0 Å². The van der Waals surface area contributed by atoms with Crippen LogP contribution in [0.3, 0.4) is 0 Å². The average Bonchev–Trinajstić information content (AvgIpc) is 2.84. The Morgan fingerprint density at radius 2 is 2.30 bits per heavy atom. The lowest BCUT2D eigenvalue weighted by atomic mass is 10.0. The largest absolute Gasteiger partial charge is 0.475 e. The van der Waals surface area contributed by atoms with Crippen molar-refractivity contribution in [3.63, 3.8) is 0 Å². The molecule has 0 amide bonds. The van der Waals surface area contributed by atoms with Gasteiger partial charge in [-0.1, -0.05) is 11.6 Å². The van der Waals surface area contributed by atoms with Gasteiger partial charge < -0.3 is 19.9 Å². The highest BCUT2D eigenvalue weighted by molar-refractivity contribution is 6.30. The number of aromatic amines is 1. The van der Waals surface area contributed by atoms with E-state index < -0.39 is 5.82 Å². The third-order valence-corrected chi connectivity index (χ3v) is 5.34. The standard InChI is InChI=1S/C15H14ClFN4O2/c16-14-12(17)13-11-8(3-10(22)19-13)21-4-6-1-2-7(18-6)9(21)5-23-15(11)20-14/h3,6-7,9,18H,1-2,4-5H2,(H,19,22)/t6-,7+,9-/m1/s1. The number of rotatable bonds is 0. The molecule has 2 aromatic rings. The smallest absolute Gasteiger partial charge is 0.250 e. The van der Waals surface area contributed by atoms with Crippen LogP contribution in [0, 0.1) is 5.82 Å². The zero-order chi connectivity index (χ0) is 15.7. The van der Waals surface area contributed by atoms with Crippen LogP contribution in [0.2, 0.25) is 5.15 Å². The predicted octanol–water partition coefficient (Wildman–Crippen LogP) is 1.42. The molecular weight excluding hydrogens is 323 g/mol. The van der Waals surface area contributed by atoms with Crippen LogP contribution in [0.1, 0.15) is 12.8 Å². The van der Waals surface area contributed by atoms with Gasteiger partial charge in [0.15, 0.2) is 11.0 Å². The van der Waals surface area contributed by atoms with Gasteiger partial charge in [-0.2, -0.15) is 4.98 Å². The number of hydrogen-bond acceptors (Lipinski definition) is 5. The van der Waals surface area contributed by atoms with E-state index in [1.165, 1.54) is 6.07 Å². The van der Waals surface area contributed by atoms with E-state index >= 15 is 0 Å². The molecule has 3 aliphatic rings. The van der Waals surface area contributed by atoms with Crippen molar-refractivity contribution in [3.8, 4) is 5.88 Å². The van der Waals surface area contributed by atoms with E-state index in [0.29, 0.717) is 29.8 Å². The van der Waals surface area contributed by atoms with Crippen LogP contribution in [-0.2, 0) is 0 Å². The van der Waals surface area contributed by atoms with Gasteiger partial charge in [-0.05, 0) is 12.8 Å². The number of anilines is 1. The van der Waals surface area contributed by atoms with Crippen molar-refractivity contribution in [2.75, 3.05) is 18.1 Å². The molecule has 6 nitrogen and oxygen atoms in total. The van der Waals surface area contributed by atoms with Gasteiger partial charge in [0.2, 0.25) is 5.88 Å². The monoisotopic (exact) mass is 336 g/mol. The molecule has 2 bridgehead atoms. The van der Waals surface area contributed by atoms with Crippen molar-refractivity contribution in [1.82, 2.24) is 15.3 Å². The number of nitrogens with zero attached hydrogens (tertiary/aromatic N) is 2. The summed E-state index contributed by atoms with van der Waals surface area (Å²) in [5.41, 5.74) is 0.392. The number of H-pyrrole nitrogens is 1. The summed E-state index contributed by atoms with van der Waals surface area (Å²) in [7, 11) is 0. The summed E-state index contributed by atoms with van der Waals surface area (Å²) in [5.74, 6) is -0.438. The van der Waals surface area contributed by atoms with Crippen LogP contribution in [-0.4, -0.2) is 41.2 Å². The lowest BCUT2D eigenvalue weighted by molar-refractivity contribution is 0.238. The number of nitrogens with one attached hydrogen (secondary N) is 2. The molecule has 5 heterocycles.